The SMILES string of the molecule is CC(O)c1cc(F)ccc1I.CC(Oc1nc(Br)cnc1N)c1cc(F)ccc1I.Nc1ncc(Br)nc1Br. The Kier molecular flexibility index (Phi) is 14.1. The van der Waals surface area contributed by atoms with E-state index in [-0.39, 0.29) is 29.4 Å². The first-order valence-corrected chi connectivity index (χ1v) is 15.3. The molecule has 39 heavy (non-hydrogen) atoms. The van der Waals surface area contributed by atoms with Gasteiger partial charge in [-0.3, -0.25) is 0 Å². The summed E-state index contributed by atoms with van der Waals surface area (Å²) in [5.74, 6) is 0.210. The summed E-state index contributed by atoms with van der Waals surface area (Å²) in [4.78, 5) is 15.8. The van der Waals surface area contributed by atoms with Crippen LogP contribution in [0.1, 0.15) is 37.2 Å². The molecule has 5 N–H and O–H groups in total. The second-order valence-corrected chi connectivity index (χ2v) is 12.2. The quantitative estimate of drug-likeness (QED) is 0.177. The van der Waals surface area contributed by atoms with Crippen LogP contribution >= 0.6 is 93.0 Å². The third kappa shape index (κ3) is 11.3. The van der Waals surface area contributed by atoms with Gasteiger partial charge in [-0.25, -0.2) is 28.7 Å². The van der Waals surface area contributed by atoms with Crippen molar-refractivity contribution in [3.05, 3.63) is 92.5 Å². The van der Waals surface area contributed by atoms with Gasteiger partial charge in [0.2, 0.25) is 0 Å². The fraction of sp³-hybridized carbons (Fsp3) is 0.167. The lowest BCUT2D eigenvalue weighted by molar-refractivity contribution is 0.198. The van der Waals surface area contributed by atoms with Crippen molar-refractivity contribution in [2.45, 2.75) is 26.1 Å². The summed E-state index contributed by atoms with van der Waals surface area (Å²) in [6, 6.07) is 8.93. The van der Waals surface area contributed by atoms with Gasteiger partial charge < -0.3 is 21.3 Å². The van der Waals surface area contributed by atoms with Crippen LogP contribution in [-0.2, 0) is 0 Å². The number of aromatic nitrogens is 4. The maximum absolute atomic E-state index is 13.3. The lowest BCUT2D eigenvalue weighted by Gasteiger charge is -2.16. The third-order valence-corrected chi connectivity index (χ3v) is 7.87. The summed E-state index contributed by atoms with van der Waals surface area (Å²) in [6.07, 6.45) is 2.05. The lowest BCUT2D eigenvalue weighted by atomic mass is 10.1. The topological polar surface area (TPSA) is 133 Å². The molecule has 2 heterocycles. The Morgan fingerprint density at radius 1 is 0.821 bits per heavy atom. The highest BCUT2D eigenvalue weighted by atomic mass is 127. The van der Waals surface area contributed by atoms with E-state index < -0.39 is 6.10 Å². The van der Waals surface area contributed by atoms with Crippen LogP contribution in [0.15, 0.2) is 62.6 Å². The summed E-state index contributed by atoms with van der Waals surface area (Å²) in [5.41, 5.74) is 12.4. The molecule has 4 aromatic rings. The number of nitrogen functional groups attached to an aromatic ring is 2. The summed E-state index contributed by atoms with van der Waals surface area (Å²) in [7, 11) is 0. The molecule has 0 spiro atoms. The number of benzene rings is 2. The van der Waals surface area contributed by atoms with Crippen LogP contribution in [-0.4, -0.2) is 25.0 Å². The van der Waals surface area contributed by atoms with Crippen molar-refractivity contribution >= 4 is 105 Å². The van der Waals surface area contributed by atoms with E-state index in [4.69, 9.17) is 21.3 Å². The minimum atomic E-state index is -0.599. The molecule has 208 valence electrons. The normalized spacial score (nSPS) is 11.8. The minimum Gasteiger partial charge on any atom is -0.467 e. The molecule has 0 amide bonds. The predicted molar refractivity (Wildman–Crippen MR) is 174 cm³/mol. The first-order chi connectivity index (χ1) is 18.3. The number of hydrogen-bond donors (Lipinski definition) is 3. The molecule has 0 saturated carbocycles. The van der Waals surface area contributed by atoms with Gasteiger partial charge in [-0.2, -0.15) is 0 Å². The van der Waals surface area contributed by atoms with Crippen LogP contribution in [0.3, 0.4) is 0 Å². The molecule has 2 atom stereocenters. The van der Waals surface area contributed by atoms with Crippen LogP contribution < -0.4 is 16.2 Å². The number of ether oxygens (including phenoxy) is 1. The second kappa shape index (κ2) is 16.2. The molecule has 0 radical (unpaired) electrons. The minimum absolute atomic E-state index is 0.196. The van der Waals surface area contributed by atoms with Gasteiger partial charge in [0.15, 0.2) is 11.6 Å². The molecule has 2 unspecified atom stereocenters. The zero-order chi connectivity index (χ0) is 29.3. The first kappa shape index (κ1) is 33.9. The van der Waals surface area contributed by atoms with Crippen LogP contribution in [0.4, 0.5) is 20.4 Å². The Morgan fingerprint density at radius 2 is 1.31 bits per heavy atom. The molecule has 0 saturated heterocycles. The number of hydrogen-bond acceptors (Lipinski definition) is 8. The smallest absolute Gasteiger partial charge is 0.258 e. The highest BCUT2D eigenvalue weighted by Gasteiger charge is 2.15. The fourth-order valence-electron chi connectivity index (χ4n) is 2.70. The maximum atomic E-state index is 13.3. The van der Waals surface area contributed by atoms with Gasteiger partial charge in [0, 0.05) is 12.7 Å². The number of aliphatic hydroxyl groups is 1. The Bertz CT molecular complexity index is 1420. The average molecular weight is 957 g/mol. The molecular weight excluding hydrogens is 936 g/mol. The summed E-state index contributed by atoms with van der Waals surface area (Å²) in [6.45, 7) is 3.43. The number of anilines is 2. The Hall–Kier alpha value is -1.28. The molecule has 0 aliphatic heterocycles. The van der Waals surface area contributed by atoms with Gasteiger partial charge >= 0.3 is 0 Å². The molecule has 8 nitrogen and oxygen atoms in total. The number of halogens is 7. The lowest BCUT2D eigenvalue weighted by Crippen LogP contribution is -2.09. The monoisotopic (exact) mass is 954 g/mol. The molecule has 0 bridgehead atoms. The van der Waals surface area contributed by atoms with E-state index in [9.17, 15) is 8.78 Å². The van der Waals surface area contributed by atoms with E-state index in [1.165, 1.54) is 30.5 Å². The van der Waals surface area contributed by atoms with E-state index in [1.54, 1.807) is 32.2 Å². The highest BCUT2D eigenvalue weighted by Crippen LogP contribution is 2.28. The maximum Gasteiger partial charge on any atom is 0.258 e. The van der Waals surface area contributed by atoms with Crippen LogP contribution in [0, 0.1) is 18.8 Å². The Labute approximate surface area is 276 Å². The predicted octanol–water partition coefficient (Wildman–Crippen LogP) is 7.77. The number of nitrogens with zero attached hydrogens (tertiary/aromatic N) is 4. The second-order valence-electron chi connectivity index (χ2n) is 7.52. The first-order valence-electron chi connectivity index (χ1n) is 10.7. The fourth-order valence-corrected chi connectivity index (χ4v) is 5.33. The van der Waals surface area contributed by atoms with Crippen LogP contribution in [0.2, 0.25) is 0 Å². The summed E-state index contributed by atoms with van der Waals surface area (Å²) in [5, 5.41) is 9.16. The van der Waals surface area contributed by atoms with Crippen molar-refractivity contribution in [2.24, 2.45) is 0 Å². The molecule has 2 aromatic heterocycles. The van der Waals surface area contributed by atoms with Crippen molar-refractivity contribution in [3.8, 4) is 5.88 Å². The largest absolute Gasteiger partial charge is 0.467 e. The van der Waals surface area contributed by atoms with E-state index >= 15 is 0 Å². The third-order valence-electron chi connectivity index (χ3n) is 4.56. The van der Waals surface area contributed by atoms with E-state index in [0.717, 1.165) is 12.7 Å². The van der Waals surface area contributed by atoms with Gasteiger partial charge in [-0.1, -0.05) is 0 Å². The molecule has 0 aliphatic rings. The van der Waals surface area contributed by atoms with Crippen molar-refractivity contribution in [1.82, 2.24) is 19.9 Å². The summed E-state index contributed by atoms with van der Waals surface area (Å²) < 4.78 is 35.1. The number of rotatable bonds is 4. The van der Waals surface area contributed by atoms with Crippen LogP contribution in [0.5, 0.6) is 5.88 Å². The number of aliphatic hydroxyl groups excluding tert-OH is 1. The summed E-state index contributed by atoms with van der Waals surface area (Å²) >= 11 is 13.6. The van der Waals surface area contributed by atoms with Crippen molar-refractivity contribution in [1.29, 1.82) is 0 Å². The Balaban J connectivity index is 0.000000226. The van der Waals surface area contributed by atoms with Crippen molar-refractivity contribution < 1.29 is 18.6 Å². The molecule has 0 aliphatic carbocycles. The molecule has 2 aromatic carbocycles. The van der Waals surface area contributed by atoms with Gasteiger partial charge in [0.05, 0.1) is 18.5 Å². The zero-order valence-electron chi connectivity index (χ0n) is 20.2. The number of nitrogens with two attached hydrogens (primary N) is 2. The molecular formula is C24H21Br3F2I2N6O2. The van der Waals surface area contributed by atoms with Gasteiger partial charge in [-0.05, 0) is 149 Å². The van der Waals surface area contributed by atoms with Gasteiger partial charge in [0.25, 0.3) is 5.88 Å². The average Bonchev–Trinajstić information content (AvgIpc) is 2.87. The molecule has 0 fully saturated rings. The van der Waals surface area contributed by atoms with Crippen molar-refractivity contribution in [3.63, 3.8) is 0 Å². The zero-order valence-corrected chi connectivity index (χ0v) is 29.3. The molecule has 15 heteroatoms. The van der Waals surface area contributed by atoms with Crippen LogP contribution in [0.25, 0.3) is 0 Å². The van der Waals surface area contributed by atoms with E-state index in [2.05, 4.69) is 113 Å². The van der Waals surface area contributed by atoms with Crippen molar-refractivity contribution in [2.75, 3.05) is 11.5 Å². The highest BCUT2D eigenvalue weighted by molar-refractivity contribution is 14.1. The van der Waals surface area contributed by atoms with Gasteiger partial charge in [-0.15, -0.1) is 0 Å². The Morgan fingerprint density at radius 3 is 1.79 bits per heavy atom. The van der Waals surface area contributed by atoms with Gasteiger partial charge in [0.1, 0.15) is 31.5 Å². The van der Waals surface area contributed by atoms with E-state index in [1.807, 2.05) is 0 Å². The van der Waals surface area contributed by atoms with E-state index in [0.29, 0.717) is 25.2 Å². The standard InChI is InChI=1S/C12H10BrFIN3O.C8H8FIO.C4H3Br2N3/c1-6(8-4-7(14)2-3-9(8)15)19-12-11(16)17-5-10(13)18-12;1-5(11)7-4-6(9)2-3-8(7)10;5-2-1-8-4(7)3(6)9-2/h2-6H,1H3,(H2,16,17);2-5,11H,1H3;1H,(H2,7,8). The molecule has 4 rings (SSSR count).